The molecule has 2 rings (SSSR count). The molecular formula is C13H14N2O2. The number of fused-ring (bicyclic) bond motifs is 1. The molecule has 2 aromatic rings. The van der Waals surface area contributed by atoms with Crippen molar-refractivity contribution < 1.29 is 9.90 Å². The summed E-state index contributed by atoms with van der Waals surface area (Å²) < 4.78 is 0. The molecule has 0 bridgehead atoms. The zero-order chi connectivity index (χ0) is 12.3. The zero-order valence-corrected chi connectivity index (χ0v) is 9.34. The van der Waals surface area contributed by atoms with Crippen LogP contribution in [0.25, 0.3) is 10.9 Å². The molecule has 0 fully saturated rings. The minimum absolute atomic E-state index is 0.0157. The van der Waals surface area contributed by atoms with Gasteiger partial charge in [-0.2, -0.15) is 0 Å². The van der Waals surface area contributed by atoms with E-state index in [9.17, 15) is 4.79 Å². The van der Waals surface area contributed by atoms with Crippen LogP contribution in [-0.4, -0.2) is 22.6 Å². The Balaban J connectivity index is 2.37. The number of carbonyl (C=O) groups is 1. The van der Waals surface area contributed by atoms with Crippen molar-refractivity contribution in [2.24, 2.45) is 5.73 Å². The van der Waals surface area contributed by atoms with E-state index < -0.39 is 5.97 Å². The van der Waals surface area contributed by atoms with E-state index in [-0.39, 0.29) is 18.9 Å². The number of nitrogens with zero attached hydrogens (tertiary/aromatic N) is 1. The fraction of sp³-hybridized carbons (Fsp3) is 0.231. The molecule has 0 aliphatic heterocycles. The maximum Gasteiger partial charge on any atom is 0.304 e. The van der Waals surface area contributed by atoms with Gasteiger partial charge in [-0.3, -0.25) is 9.78 Å². The predicted octanol–water partition coefficient (Wildman–Crippen LogP) is 1.75. The summed E-state index contributed by atoms with van der Waals surface area (Å²) in [5.74, 6) is -1.08. The molecule has 3 N–H and O–H groups in total. The minimum Gasteiger partial charge on any atom is -0.481 e. The van der Waals surface area contributed by atoms with E-state index in [1.807, 2.05) is 36.4 Å². The van der Waals surface area contributed by atoms with E-state index in [4.69, 9.17) is 10.8 Å². The Kier molecular flexibility index (Phi) is 3.35. The first-order valence-electron chi connectivity index (χ1n) is 5.48. The lowest BCUT2D eigenvalue weighted by molar-refractivity contribution is -0.137. The number of pyridine rings is 1. The average molecular weight is 230 g/mol. The molecule has 0 saturated carbocycles. The maximum atomic E-state index is 10.7. The lowest BCUT2D eigenvalue weighted by Crippen LogP contribution is -2.17. The fourth-order valence-electron chi connectivity index (χ4n) is 1.83. The topological polar surface area (TPSA) is 76.2 Å². The molecule has 1 heterocycles. The van der Waals surface area contributed by atoms with E-state index in [1.165, 1.54) is 0 Å². The van der Waals surface area contributed by atoms with Gasteiger partial charge in [0.05, 0.1) is 11.9 Å². The Hall–Kier alpha value is -1.94. The molecule has 4 heteroatoms. The summed E-state index contributed by atoms with van der Waals surface area (Å²) in [5.41, 5.74) is 7.21. The van der Waals surface area contributed by atoms with Crippen molar-refractivity contribution in [2.45, 2.75) is 12.3 Å². The Labute approximate surface area is 99.1 Å². The van der Waals surface area contributed by atoms with Gasteiger partial charge < -0.3 is 10.8 Å². The number of hydrogen-bond donors (Lipinski definition) is 2. The molecule has 17 heavy (non-hydrogen) atoms. The third kappa shape index (κ3) is 2.60. The van der Waals surface area contributed by atoms with Crippen LogP contribution >= 0.6 is 0 Å². The number of rotatable bonds is 4. The number of carboxylic acids is 1. The van der Waals surface area contributed by atoms with Crippen molar-refractivity contribution in [2.75, 3.05) is 6.54 Å². The summed E-state index contributed by atoms with van der Waals surface area (Å²) in [7, 11) is 0. The monoisotopic (exact) mass is 230 g/mol. The van der Waals surface area contributed by atoms with E-state index in [0.717, 1.165) is 16.6 Å². The van der Waals surface area contributed by atoms with Crippen LogP contribution in [0.1, 0.15) is 18.0 Å². The first-order valence-corrected chi connectivity index (χ1v) is 5.48. The number of aromatic nitrogens is 1. The summed E-state index contributed by atoms with van der Waals surface area (Å²) in [5, 5.41) is 9.85. The normalized spacial score (nSPS) is 12.5. The van der Waals surface area contributed by atoms with Gasteiger partial charge in [0.1, 0.15) is 0 Å². The predicted molar refractivity (Wildman–Crippen MR) is 65.8 cm³/mol. The molecule has 1 aromatic carbocycles. The second-order valence-corrected chi connectivity index (χ2v) is 3.96. The molecular weight excluding hydrogens is 216 g/mol. The number of hydrogen-bond acceptors (Lipinski definition) is 3. The number of nitrogens with two attached hydrogens (primary N) is 1. The first-order chi connectivity index (χ1) is 8.20. The van der Waals surface area contributed by atoms with E-state index >= 15 is 0 Å². The lowest BCUT2D eigenvalue weighted by Gasteiger charge is -2.12. The van der Waals surface area contributed by atoms with Gasteiger partial charge in [0.15, 0.2) is 0 Å². The average Bonchev–Trinajstić information content (AvgIpc) is 2.35. The minimum atomic E-state index is -0.851. The van der Waals surface area contributed by atoms with Crippen molar-refractivity contribution >= 4 is 16.9 Å². The van der Waals surface area contributed by atoms with E-state index in [1.54, 1.807) is 0 Å². The molecule has 0 aliphatic carbocycles. The van der Waals surface area contributed by atoms with Gasteiger partial charge in [0, 0.05) is 23.5 Å². The highest BCUT2D eigenvalue weighted by atomic mass is 16.4. The number of para-hydroxylation sites is 1. The molecule has 0 aliphatic rings. The van der Waals surface area contributed by atoms with Crippen LogP contribution in [0, 0.1) is 0 Å². The standard InChI is InChI=1S/C13H14N2O2/c14-8-10(7-13(16)17)12-6-5-9-3-1-2-4-11(9)15-12/h1-6,10H,7-8,14H2,(H,16,17). The first kappa shape index (κ1) is 11.5. The highest BCUT2D eigenvalue weighted by Gasteiger charge is 2.15. The Bertz CT molecular complexity index is 540. The number of benzene rings is 1. The van der Waals surface area contributed by atoms with Gasteiger partial charge in [0.25, 0.3) is 0 Å². The van der Waals surface area contributed by atoms with Crippen molar-refractivity contribution in [3.05, 3.63) is 42.1 Å². The van der Waals surface area contributed by atoms with Crippen molar-refractivity contribution in [1.29, 1.82) is 0 Å². The Morgan fingerprint density at radius 2 is 2.06 bits per heavy atom. The Morgan fingerprint density at radius 1 is 1.29 bits per heavy atom. The lowest BCUT2D eigenvalue weighted by atomic mass is 10.0. The van der Waals surface area contributed by atoms with Crippen LogP contribution in [0.5, 0.6) is 0 Å². The summed E-state index contributed by atoms with van der Waals surface area (Å²) in [6.45, 7) is 0.289. The number of carboxylic acid groups (broad SMARTS) is 1. The van der Waals surface area contributed by atoms with Crippen LogP contribution in [-0.2, 0) is 4.79 Å². The third-order valence-corrected chi connectivity index (χ3v) is 2.74. The highest BCUT2D eigenvalue weighted by molar-refractivity contribution is 5.78. The fourth-order valence-corrected chi connectivity index (χ4v) is 1.83. The van der Waals surface area contributed by atoms with Gasteiger partial charge in [0.2, 0.25) is 0 Å². The third-order valence-electron chi connectivity index (χ3n) is 2.74. The molecule has 0 saturated heterocycles. The maximum absolute atomic E-state index is 10.7. The quantitative estimate of drug-likeness (QED) is 0.839. The highest BCUT2D eigenvalue weighted by Crippen LogP contribution is 2.20. The Morgan fingerprint density at radius 3 is 2.76 bits per heavy atom. The summed E-state index contributed by atoms with van der Waals surface area (Å²) in [6, 6.07) is 11.5. The molecule has 0 amide bonds. The van der Waals surface area contributed by atoms with Gasteiger partial charge in [-0.15, -0.1) is 0 Å². The van der Waals surface area contributed by atoms with Crippen LogP contribution in [0.4, 0.5) is 0 Å². The summed E-state index contributed by atoms with van der Waals surface area (Å²) >= 11 is 0. The summed E-state index contributed by atoms with van der Waals surface area (Å²) in [6.07, 6.45) is 0.0157. The molecule has 1 atom stereocenters. The van der Waals surface area contributed by atoms with Crippen LogP contribution in [0.2, 0.25) is 0 Å². The van der Waals surface area contributed by atoms with Gasteiger partial charge in [-0.05, 0) is 12.1 Å². The van der Waals surface area contributed by atoms with Gasteiger partial charge >= 0.3 is 5.97 Å². The van der Waals surface area contributed by atoms with E-state index in [2.05, 4.69) is 4.98 Å². The largest absolute Gasteiger partial charge is 0.481 e. The van der Waals surface area contributed by atoms with Crippen molar-refractivity contribution in [3.8, 4) is 0 Å². The molecule has 1 unspecified atom stereocenters. The molecule has 0 spiro atoms. The zero-order valence-electron chi connectivity index (χ0n) is 9.34. The van der Waals surface area contributed by atoms with Crippen LogP contribution < -0.4 is 5.73 Å². The van der Waals surface area contributed by atoms with E-state index in [0.29, 0.717) is 0 Å². The second kappa shape index (κ2) is 4.93. The smallest absolute Gasteiger partial charge is 0.304 e. The molecule has 1 aromatic heterocycles. The van der Waals surface area contributed by atoms with Crippen LogP contribution in [0.3, 0.4) is 0 Å². The van der Waals surface area contributed by atoms with Crippen molar-refractivity contribution in [1.82, 2.24) is 4.98 Å². The van der Waals surface area contributed by atoms with Gasteiger partial charge in [-0.1, -0.05) is 24.3 Å². The van der Waals surface area contributed by atoms with Crippen LogP contribution in [0.15, 0.2) is 36.4 Å². The second-order valence-electron chi connectivity index (χ2n) is 3.96. The molecule has 4 nitrogen and oxygen atoms in total. The number of aliphatic carboxylic acids is 1. The molecule has 88 valence electrons. The molecule has 0 radical (unpaired) electrons. The van der Waals surface area contributed by atoms with Crippen molar-refractivity contribution in [3.63, 3.8) is 0 Å². The van der Waals surface area contributed by atoms with Gasteiger partial charge in [-0.25, -0.2) is 0 Å². The SMILES string of the molecule is NCC(CC(=O)O)c1ccc2ccccc2n1. The summed E-state index contributed by atoms with van der Waals surface area (Å²) in [4.78, 5) is 15.2.